The van der Waals surface area contributed by atoms with Crippen molar-refractivity contribution in [3.05, 3.63) is 46.8 Å². The average molecular weight is 495 g/mol. The van der Waals surface area contributed by atoms with Crippen LogP contribution in [0.3, 0.4) is 0 Å². The predicted octanol–water partition coefficient (Wildman–Crippen LogP) is 2.26. The third kappa shape index (κ3) is 4.45. The zero-order chi connectivity index (χ0) is 24.1. The number of carbonyl (C=O) groups excluding carboxylic acids is 1. The van der Waals surface area contributed by atoms with Crippen LogP contribution in [0.1, 0.15) is 32.4 Å². The number of aromatic nitrogens is 4. The van der Waals surface area contributed by atoms with E-state index in [2.05, 4.69) is 20.4 Å². The molecular weight excluding hydrogens is 475 g/mol. The second-order valence-corrected chi connectivity index (χ2v) is 11.0. The van der Waals surface area contributed by atoms with E-state index in [1.807, 2.05) is 20.8 Å². The summed E-state index contributed by atoms with van der Waals surface area (Å²) in [5.74, 6) is -2.12. The maximum atomic E-state index is 15.1. The van der Waals surface area contributed by atoms with Crippen LogP contribution < -0.4 is 10.6 Å². The number of fused-ring (bicyclic) bond motifs is 1. The molecule has 2 N–H and O–H groups in total. The minimum atomic E-state index is -4.08. The summed E-state index contributed by atoms with van der Waals surface area (Å²) >= 11 is 5.77. The van der Waals surface area contributed by atoms with Crippen molar-refractivity contribution in [2.75, 3.05) is 10.7 Å². The van der Waals surface area contributed by atoms with Gasteiger partial charge < -0.3 is 15.1 Å². The number of benzene rings is 1. The van der Waals surface area contributed by atoms with E-state index >= 15 is 4.39 Å². The predicted molar refractivity (Wildman–Crippen MR) is 117 cm³/mol. The van der Waals surface area contributed by atoms with Gasteiger partial charge in [-0.25, -0.2) is 12.8 Å². The Morgan fingerprint density at radius 1 is 1.21 bits per heavy atom. The van der Waals surface area contributed by atoms with E-state index in [0.29, 0.717) is 5.69 Å². The normalized spacial score (nSPS) is 18.2. The van der Waals surface area contributed by atoms with E-state index in [1.54, 1.807) is 0 Å². The third-order valence-corrected chi connectivity index (χ3v) is 6.96. The summed E-state index contributed by atoms with van der Waals surface area (Å²) in [6.45, 7) is 5.37. The SMILES string of the molecule is CC(C)(C)c1nnc(-c2cc3c(cc2F)S(=O)(=O)C[C@H](N)C(=O)N3Cc2ccc(Cl)nn2)o1. The van der Waals surface area contributed by atoms with Gasteiger partial charge in [0.25, 0.3) is 5.89 Å². The lowest BCUT2D eigenvalue weighted by molar-refractivity contribution is -0.119. The van der Waals surface area contributed by atoms with Crippen LogP contribution in [0.15, 0.2) is 33.6 Å². The Hall–Kier alpha value is -2.96. The molecule has 0 bridgehead atoms. The van der Waals surface area contributed by atoms with Gasteiger partial charge in [0.1, 0.15) is 5.82 Å². The first-order valence-corrected chi connectivity index (χ1v) is 11.9. The molecule has 0 saturated carbocycles. The molecule has 1 aliphatic heterocycles. The van der Waals surface area contributed by atoms with Crippen molar-refractivity contribution in [3.8, 4) is 11.5 Å². The Labute approximate surface area is 193 Å². The number of anilines is 1. The highest BCUT2D eigenvalue weighted by molar-refractivity contribution is 7.91. The number of nitrogens with zero attached hydrogens (tertiary/aromatic N) is 5. The summed E-state index contributed by atoms with van der Waals surface area (Å²) in [5, 5.41) is 15.7. The fraction of sp³-hybridized carbons (Fsp3) is 0.350. The van der Waals surface area contributed by atoms with Crippen LogP contribution in [0.25, 0.3) is 11.5 Å². The molecule has 174 valence electrons. The summed E-state index contributed by atoms with van der Waals surface area (Å²) in [4.78, 5) is 13.8. The van der Waals surface area contributed by atoms with Gasteiger partial charge in [-0.05, 0) is 24.3 Å². The minimum absolute atomic E-state index is 0.0726. The van der Waals surface area contributed by atoms with E-state index in [-0.39, 0.29) is 39.6 Å². The maximum Gasteiger partial charge on any atom is 0.250 e. The van der Waals surface area contributed by atoms with Crippen LogP contribution in [0.5, 0.6) is 0 Å². The monoisotopic (exact) mass is 494 g/mol. The number of amides is 1. The second kappa shape index (κ2) is 8.12. The van der Waals surface area contributed by atoms with Crippen molar-refractivity contribution in [1.29, 1.82) is 0 Å². The molecule has 1 aliphatic rings. The molecule has 0 spiro atoms. The van der Waals surface area contributed by atoms with Crippen molar-refractivity contribution in [2.45, 2.75) is 43.7 Å². The smallest absolute Gasteiger partial charge is 0.250 e. The van der Waals surface area contributed by atoms with Crippen molar-refractivity contribution in [3.63, 3.8) is 0 Å². The zero-order valence-corrected chi connectivity index (χ0v) is 19.5. The summed E-state index contributed by atoms with van der Waals surface area (Å²) in [6.07, 6.45) is 0. The number of hydrogen-bond donors (Lipinski definition) is 1. The van der Waals surface area contributed by atoms with Crippen LogP contribution in [0, 0.1) is 5.82 Å². The number of carbonyl (C=O) groups is 1. The largest absolute Gasteiger partial charge is 0.420 e. The van der Waals surface area contributed by atoms with Gasteiger partial charge in [0.05, 0.1) is 40.2 Å². The van der Waals surface area contributed by atoms with Crippen LogP contribution in [0.2, 0.25) is 5.15 Å². The number of sulfone groups is 1. The molecule has 0 unspecified atom stereocenters. The van der Waals surface area contributed by atoms with Crippen LogP contribution in [-0.2, 0) is 26.6 Å². The van der Waals surface area contributed by atoms with Gasteiger partial charge in [-0.1, -0.05) is 32.4 Å². The molecule has 3 heterocycles. The Bertz CT molecular complexity index is 1340. The van der Waals surface area contributed by atoms with Crippen LogP contribution in [-0.4, -0.2) is 46.5 Å². The van der Waals surface area contributed by atoms with Gasteiger partial charge in [0, 0.05) is 5.41 Å². The molecule has 33 heavy (non-hydrogen) atoms. The highest BCUT2D eigenvalue weighted by Crippen LogP contribution is 2.37. The minimum Gasteiger partial charge on any atom is -0.420 e. The van der Waals surface area contributed by atoms with E-state index in [0.717, 1.165) is 11.0 Å². The second-order valence-electron chi connectivity index (χ2n) is 8.62. The van der Waals surface area contributed by atoms with Crippen LogP contribution in [0.4, 0.5) is 10.1 Å². The van der Waals surface area contributed by atoms with Crippen molar-refractivity contribution < 1.29 is 22.0 Å². The number of hydrogen-bond acceptors (Lipinski definition) is 9. The molecule has 0 aliphatic carbocycles. The topological polar surface area (TPSA) is 145 Å². The van der Waals surface area contributed by atoms with Gasteiger partial charge in [-0.2, -0.15) is 5.10 Å². The first-order valence-electron chi connectivity index (χ1n) is 9.82. The van der Waals surface area contributed by atoms with Gasteiger partial charge >= 0.3 is 0 Å². The van der Waals surface area contributed by atoms with Crippen molar-refractivity contribution >= 4 is 33.0 Å². The van der Waals surface area contributed by atoms with Crippen molar-refractivity contribution in [2.24, 2.45) is 5.73 Å². The molecular formula is C20H20ClFN6O4S. The Balaban J connectivity index is 1.89. The van der Waals surface area contributed by atoms with Crippen molar-refractivity contribution in [1.82, 2.24) is 20.4 Å². The summed E-state index contributed by atoms with van der Waals surface area (Å²) in [6, 6.07) is 3.69. The Morgan fingerprint density at radius 2 is 1.94 bits per heavy atom. The average Bonchev–Trinajstić information content (AvgIpc) is 3.21. The van der Waals surface area contributed by atoms with E-state index in [1.165, 1.54) is 18.2 Å². The van der Waals surface area contributed by atoms with Gasteiger partial charge in [-0.3, -0.25) is 4.79 Å². The molecule has 0 radical (unpaired) electrons. The van der Waals surface area contributed by atoms with E-state index < -0.39 is 38.8 Å². The van der Waals surface area contributed by atoms with E-state index in [4.69, 9.17) is 21.8 Å². The Morgan fingerprint density at radius 3 is 2.55 bits per heavy atom. The molecule has 1 atom stereocenters. The van der Waals surface area contributed by atoms with Gasteiger partial charge in [0.15, 0.2) is 15.0 Å². The lowest BCUT2D eigenvalue weighted by Crippen LogP contribution is -2.45. The molecule has 0 saturated heterocycles. The summed E-state index contributed by atoms with van der Waals surface area (Å²) in [5.41, 5.74) is 5.49. The van der Waals surface area contributed by atoms with Crippen LogP contribution >= 0.6 is 11.6 Å². The fourth-order valence-corrected chi connectivity index (χ4v) is 4.94. The lowest BCUT2D eigenvalue weighted by Gasteiger charge is -2.24. The number of halogens is 2. The highest BCUT2D eigenvalue weighted by atomic mass is 35.5. The molecule has 3 aromatic rings. The third-order valence-electron chi connectivity index (χ3n) is 4.96. The lowest BCUT2D eigenvalue weighted by atomic mass is 9.97. The Kier molecular flexibility index (Phi) is 5.71. The standard InChI is InChI=1S/C20H20ClFN6O4S/c1-20(2,3)19-27-26-17(32-19)11-6-14-15(7-12(11)22)33(30,31)9-13(23)18(29)28(14)8-10-4-5-16(21)25-24-10/h4-7,13H,8-9,23H2,1-3H3/t13-/m0/s1. The molecule has 10 nitrogen and oxygen atoms in total. The molecule has 1 amide bonds. The number of nitrogens with two attached hydrogens (primary N) is 1. The molecule has 2 aromatic heterocycles. The molecule has 4 rings (SSSR count). The van der Waals surface area contributed by atoms with Gasteiger partial charge in [0.2, 0.25) is 11.8 Å². The summed E-state index contributed by atoms with van der Waals surface area (Å²) in [7, 11) is -4.08. The number of rotatable bonds is 3. The summed E-state index contributed by atoms with van der Waals surface area (Å²) < 4.78 is 46.5. The first kappa shape index (κ1) is 23.2. The van der Waals surface area contributed by atoms with Gasteiger partial charge in [-0.15, -0.1) is 15.3 Å². The maximum absolute atomic E-state index is 15.1. The first-order chi connectivity index (χ1) is 15.4. The fourth-order valence-electron chi connectivity index (χ4n) is 3.27. The highest BCUT2D eigenvalue weighted by Gasteiger charge is 2.38. The zero-order valence-electron chi connectivity index (χ0n) is 17.9. The molecule has 1 aromatic carbocycles. The van der Waals surface area contributed by atoms with E-state index in [9.17, 15) is 13.2 Å². The molecule has 0 fully saturated rings. The quantitative estimate of drug-likeness (QED) is 0.579. The molecule has 13 heteroatoms.